The van der Waals surface area contributed by atoms with Crippen LogP contribution in [0, 0.1) is 0 Å². The molecule has 0 aliphatic carbocycles. The summed E-state index contributed by atoms with van der Waals surface area (Å²) in [6.07, 6.45) is 1.77. The average molecular weight is 201 g/mol. The van der Waals surface area contributed by atoms with E-state index < -0.39 is 0 Å². The molecule has 1 heterocycles. The molecule has 1 rings (SSSR count). The van der Waals surface area contributed by atoms with Crippen molar-refractivity contribution in [3.63, 3.8) is 0 Å². The van der Waals surface area contributed by atoms with Gasteiger partial charge in [0.15, 0.2) is 0 Å². The highest BCUT2D eigenvalue weighted by atomic mass is 16.5. The molecule has 0 radical (unpaired) electrons. The van der Waals surface area contributed by atoms with Crippen molar-refractivity contribution in [2.24, 2.45) is 0 Å². The monoisotopic (exact) mass is 201 g/mol. The lowest BCUT2D eigenvalue weighted by molar-refractivity contribution is -0.0656. The lowest BCUT2D eigenvalue weighted by Crippen LogP contribution is -2.49. The highest BCUT2D eigenvalue weighted by molar-refractivity contribution is 4.85. The fraction of sp³-hybridized carbons (Fsp3) is 1.00. The Morgan fingerprint density at radius 3 is 2.57 bits per heavy atom. The van der Waals surface area contributed by atoms with Crippen LogP contribution < -0.4 is 5.32 Å². The first-order valence-corrected chi connectivity index (χ1v) is 5.49. The van der Waals surface area contributed by atoms with Crippen LogP contribution >= 0.6 is 0 Å². The molecule has 3 atom stereocenters. The van der Waals surface area contributed by atoms with Crippen molar-refractivity contribution in [2.75, 3.05) is 6.61 Å². The number of rotatable bonds is 3. The second-order valence-electron chi connectivity index (χ2n) is 4.99. The van der Waals surface area contributed by atoms with Gasteiger partial charge in [-0.2, -0.15) is 0 Å². The fourth-order valence-corrected chi connectivity index (χ4v) is 1.89. The lowest BCUT2D eigenvalue weighted by Gasteiger charge is -2.37. The Bertz CT molecular complexity index is 180. The van der Waals surface area contributed by atoms with E-state index in [0.717, 1.165) is 19.4 Å². The SMILES string of the molecule is CC(O)C(C)NC1CCOC(C)(C)C1. The molecular weight excluding hydrogens is 178 g/mol. The van der Waals surface area contributed by atoms with Crippen LogP contribution in [0.4, 0.5) is 0 Å². The second-order valence-corrected chi connectivity index (χ2v) is 4.99. The van der Waals surface area contributed by atoms with E-state index in [4.69, 9.17) is 4.74 Å². The molecule has 0 spiro atoms. The molecule has 1 aliphatic heterocycles. The van der Waals surface area contributed by atoms with E-state index in [2.05, 4.69) is 19.2 Å². The predicted octanol–water partition coefficient (Wildman–Crippen LogP) is 1.30. The van der Waals surface area contributed by atoms with Gasteiger partial charge in [0.05, 0.1) is 11.7 Å². The van der Waals surface area contributed by atoms with Gasteiger partial charge in [0.25, 0.3) is 0 Å². The van der Waals surface area contributed by atoms with Gasteiger partial charge in [0, 0.05) is 18.7 Å². The molecule has 0 aromatic heterocycles. The molecule has 0 bridgehead atoms. The van der Waals surface area contributed by atoms with Gasteiger partial charge in [-0.3, -0.25) is 0 Å². The van der Waals surface area contributed by atoms with E-state index in [1.807, 2.05) is 13.8 Å². The average Bonchev–Trinajstić information content (AvgIpc) is 2.01. The zero-order valence-electron chi connectivity index (χ0n) is 9.71. The number of hydrogen-bond acceptors (Lipinski definition) is 3. The van der Waals surface area contributed by atoms with E-state index in [0.29, 0.717) is 6.04 Å². The van der Waals surface area contributed by atoms with E-state index >= 15 is 0 Å². The maximum Gasteiger partial charge on any atom is 0.0662 e. The maximum absolute atomic E-state index is 9.39. The van der Waals surface area contributed by atoms with Gasteiger partial charge in [-0.25, -0.2) is 0 Å². The van der Waals surface area contributed by atoms with Crippen LogP contribution in [0.2, 0.25) is 0 Å². The molecule has 1 saturated heterocycles. The van der Waals surface area contributed by atoms with Crippen molar-refractivity contribution in [1.82, 2.24) is 5.32 Å². The summed E-state index contributed by atoms with van der Waals surface area (Å²) in [5.41, 5.74) is -0.0195. The Balaban J connectivity index is 2.38. The lowest BCUT2D eigenvalue weighted by atomic mass is 9.93. The molecular formula is C11H23NO2. The van der Waals surface area contributed by atoms with Gasteiger partial charge in [-0.1, -0.05) is 0 Å². The number of nitrogens with one attached hydrogen (secondary N) is 1. The van der Waals surface area contributed by atoms with Gasteiger partial charge >= 0.3 is 0 Å². The highest BCUT2D eigenvalue weighted by Gasteiger charge is 2.29. The van der Waals surface area contributed by atoms with Gasteiger partial charge < -0.3 is 15.2 Å². The topological polar surface area (TPSA) is 41.5 Å². The number of aliphatic hydroxyl groups is 1. The van der Waals surface area contributed by atoms with E-state index in [-0.39, 0.29) is 17.7 Å². The molecule has 0 aromatic rings. The normalized spacial score (nSPS) is 31.1. The summed E-state index contributed by atoms with van der Waals surface area (Å²) < 4.78 is 5.64. The van der Waals surface area contributed by atoms with Crippen LogP contribution in [0.15, 0.2) is 0 Å². The molecule has 3 unspecified atom stereocenters. The van der Waals surface area contributed by atoms with Crippen molar-refractivity contribution in [3.8, 4) is 0 Å². The number of hydrogen-bond donors (Lipinski definition) is 2. The summed E-state index contributed by atoms with van der Waals surface area (Å²) in [5, 5.41) is 12.8. The number of ether oxygens (including phenoxy) is 1. The first-order valence-electron chi connectivity index (χ1n) is 5.49. The molecule has 0 saturated carbocycles. The van der Waals surface area contributed by atoms with Crippen LogP contribution in [0.1, 0.15) is 40.5 Å². The van der Waals surface area contributed by atoms with Crippen molar-refractivity contribution >= 4 is 0 Å². The molecule has 2 N–H and O–H groups in total. The Morgan fingerprint density at radius 1 is 1.43 bits per heavy atom. The predicted molar refractivity (Wildman–Crippen MR) is 57.3 cm³/mol. The van der Waals surface area contributed by atoms with Gasteiger partial charge in [-0.05, 0) is 40.5 Å². The minimum atomic E-state index is -0.291. The van der Waals surface area contributed by atoms with Crippen molar-refractivity contribution < 1.29 is 9.84 Å². The summed E-state index contributed by atoms with van der Waals surface area (Å²) in [6, 6.07) is 0.636. The molecule has 1 aliphatic rings. The van der Waals surface area contributed by atoms with Gasteiger partial charge in [-0.15, -0.1) is 0 Å². The highest BCUT2D eigenvalue weighted by Crippen LogP contribution is 2.24. The zero-order valence-corrected chi connectivity index (χ0v) is 9.71. The summed E-state index contributed by atoms with van der Waals surface area (Å²) in [6.45, 7) is 8.90. The third-order valence-corrected chi connectivity index (χ3v) is 2.92. The molecule has 0 aromatic carbocycles. The minimum Gasteiger partial charge on any atom is -0.392 e. The quantitative estimate of drug-likeness (QED) is 0.723. The van der Waals surface area contributed by atoms with E-state index in [1.54, 1.807) is 0 Å². The zero-order chi connectivity index (χ0) is 10.8. The maximum atomic E-state index is 9.39. The van der Waals surface area contributed by atoms with Crippen molar-refractivity contribution in [3.05, 3.63) is 0 Å². The van der Waals surface area contributed by atoms with Crippen LogP contribution in [0.25, 0.3) is 0 Å². The van der Waals surface area contributed by atoms with Crippen LogP contribution in [-0.4, -0.2) is 35.5 Å². The Labute approximate surface area is 86.8 Å². The first-order chi connectivity index (χ1) is 6.41. The fourth-order valence-electron chi connectivity index (χ4n) is 1.89. The largest absolute Gasteiger partial charge is 0.392 e. The van der Waals surface area contributed by atoms with Gasteiger partial charge in [0.1, 0.15) is 0 Å². The molecule has 3 nitrogen and oxygen atoms in total. The second kappa shape index (κ2) is 4.60. The Morgan fingerprint density at radius 2 is 2.07 bits per heavy atom. The number of aliphatic hydroxyl groups excluding tert-OH is 1. The smallest absolute Gasteiger partial charge is 0.0662 e. The van der Waals surface area contributed by atoms with Crippen LogP contribution in [0.5, 0.6) is 0 Å². The summed E-state index contributed by atoms with van der Waals surface area (Å²) in [7, 11) is 0. The summed E-state index contributed by atoms with van der Waals surface area (Å²) >= 11 is 0. The van der Waals surface area contributed by atoms with Crippen LogP contribution in [0.3, 0.4) is 0 Å². The third-order valence-electron chi connectivity index (χ3n) is 2.92. The molecule has 1 fully saturated rings. The molecule has 14 heavy (non-hydrogen) atoms. The van der Waals surface area contributed by atoms with Gasteiger partial charge in [0.2, 0.25) is 0 Å². The summed E-state index contributed by atoms with van der Waals surface area (Å²) in [4.78, 5) is 0. The standard InChI is InChI=1S/C11H23NO2/c1-8(9(2)13)12-10-5-6-14-11(3,4)7-10/h8-10,12-13H,5-7H2,1-4H3. The van der Waals surface area contributed by atoms with Crippen LogP contribution in [-0.2, 0) is 4.74 Å². The molecule has 3 heteroatoms. The Kier molecular flexibility index (Phi) is 3.93. The summed E-state index contributed by atoms with van der Waals surface area (Å²) in [5.74, 6) is 0. The minimum absolute atomic E-state index is 0.0195. The Hall–Kier alpha value is -0.120. The van der Waals surface area contributed by atoms with E-state index in [1.165, 1.54) is 0 Å². The van der Waals surface area contributed by atoms with E-state index in [9.17, 15) is 5.11 Å². The third kappa shape index (κ3) is 3.56. The first kappa shape index (κ1) is 12.0. The van der Waals surface area contributed by atoms with Crippen molar-refractivity contribution in [1.29, 1.82) is 0 Å². The molecule has 0 amide bonds. The molecule has 84 valence electrons. The van der Waals surface area contributed by atoms with Crippen molar-refractivity contribution in [2.45, 2.75) is 64.3 Å².